The van der Waals surface area contributed by atoms with E-state index in [0.717, 1.165) is 38.4 Å². The molecule has 0 aromatic carbocycles. The number of nitrogens with one attached hydrogen (secondary N) is 1. The van der Waals surface area contributed by atoms with Crippen molar-refractivity contribution in [1.82, 2.24) is 9.97 Å². The highest BCUT2D eigenvalue weighted by molar-refractivity contribution is 5.45. The second kappa shape index (κ2) is 5.85. The van der Waals surface area contributed by atoms with Gasteiger partial charge in [-0.15, -0.1) is 0 Å². The zero-order valence-corrected chi connectivity index (χ0v) is 11.7. The van der Waals surface area contributed by atoms with Crippen molar-refractivity contribution >= 4 is 11.8 Å². The van der Waals surface area contributed by atoms with E-state index in [9.17, 15) is 13.2 Å². The van der Waals surface area contributed by atoms with Crippen molar-refractivity contribution < 1.29 is 13.2 Å². The number of hydrogen-bond acceptors (Lipinski definition) is 4. The molecule has 1 atom stereocenters. The smallest absolute Gasteiger partial charge is 0.357 e. The van der Waals surface area contributed by atoms with E-state index in [2.05, 4.69) is 22.2 Å². The lowest BCUT2D eigenvalue weighted by Crippen LogP contribution is -2.36. The molecule has 20 heavy (non-hydrogen) atoms. The Morgan fingerprint density at radius 2 is 2.15 bits per heavy atom. The predicted molar refractivity (Wildman–Crippen MR) is 71.8 cm³/mol. The van der Waals surface area contributed by atoms with Crippen LogP contribution in [0.1, 0.15) is 31.9 Å². The van der Waals surface area contributed by atoms with Crippen molar-refractivity contribution in [3.8, 4) is 0 Å². The van der Waals surface area contributed by atoms with Crippen LogP contribution in [0, 0.1) is 5.92 Å². The molecular formula is C13H19F3N4. The van der Waals surface area contributed by atoms with Crippen LogP contribution in [0.5, 0.6) is 0 Å². The number of anilines is 2. The minimum atomic E-state index is -4.46. The Balaban J connectivity index is 2.30. The molecular weight excluding hydrogens is 269 g/mol. The van der Waals surface area contributed by atoms with E-state index in [-0.39, 0.29) is 5.95 Å². The van der Waals surface area contributed by atoms with Gasteiger partial charge in [-0.2, -0.15) is 18.2 Å². The molecule has 0 saturated carbocycles. The number of rotatable bonds is 3. The van der Waals surface area contributed by atoms with Gasteiger partial charge in [-0.3, -0.25) is 0 Å². The van der Waals surface area contributed by atoms with Gasteiger partial charge in [0.1, 0.15) is 5.82 Å². The summed E-state index contributed by atoms with van der Waals surface area (Å²) >= 11 is 0. The summed E-state index contributed by atoms with van der Waals surface area (Å²) in [6, 6.07) is 1.04. The van der Waals surface area contributed by atoms with Gasteiger partial charge in [-0.25, -0.2) is 4.98 Å². The normalized spacial score (nSPS) is 20.1. The Morgan fingerprint density at radius 1 is 1.40 bits per heavy atom. The molecule has 112 valence electrons. The lowest BCUT2D eigenvalue weighted by atomic mass is 9.96. The quantitative estimate of drug-likeness (QED) is 0.927. The summed E-state index contributed by atoms with van der Waals surface area (Å²) in [7, 11) is 1.52. The number of alkyl halides is 3. The van der Waals surface area contributed by atoms with E-state index in [1.165, 1.54) is 7.05 Å². The highest BCUT2D eigenvalue weighted by atomic mass is 19.4. The van der Waals surface area contributed by atoms with Crippen LogP contribution in [0.3, 0.4) is 0 Å². The third kappa shape index (κ3) is 3.32. The molecule has 0 aliphatic carbocycles. The first-order chi connectivity index (χ1) is 9.44. The van der Waals surface area contributed by atoms with Crippen LogP contribution >= 0.6 is 0 Å². The van der Waals surface area contributed by atoms with Crippen molar-refractivity contribution in [2.45, 2.75) is 32.4 Å². The van der Waals surface area contributed by atoms with Crippen molar-refractivity contribution in [2.24, 2.45) is 5.92 Å². The summed E-state index contributed by atoms with van der Waals surface area (Å²) in [5.41, 5.74) is -0.898. The zero-order valence-electron chi connectivity index (χ0n) is 11.7. The molecule has 1 aliphatic heterocycles. The van der Waals surface area contributed by atoms with Crippen LogP contribution in [0.15, 0.2) is 6.07 Å². The van der Waals surface area contributed by atoms with E-state index in [0.29, 0.717) is 11.7 Å². The van der Waals surface area contributed by atoms with Crippen LogP contribution in [0.4, 0.5) is 24.9 Å². The fourth-order valence-electron chi connectivity index (χ4n) is 2.46. The predicted octanol–water partition coefficient (Wildman–Crippen LogP) is 3.16. The van der Waals surface area contributed by atoms with E-state index >= 15 is 0 Å². The van der Waals surface area contributed by atoms with E-state index in [4.69, 9.17) is 0 Å². The third-order valence-electron chi connectivity index (χ3n) is 3.65. The highest BCUT2D eigenvalue weighted by Crippen LogP contribution is 2.32. The summed E-state index contributed by atoms with van der Waals surface area (Å²) < 4.78 is 38.6. The summed E-state index contributed by atoms with van der Waals surface area (Å²) in [6.45, 7) is 3.61. The summed E-state index contributed by atoms with van der Waals surface area (Å²) in [6.07, 6.45) is -1.31. The average molecular weight is 288 g/mol. The van der Waals surface area contributed by atoms with Gasteiger partial charge in [-0.1, -0.05) is 13.3 Å². The number of aromatic nitrogens is 2. The first kappa shape index (κ1) is 14.9. The molecule has 0 radical (unpaired) electrons. The average Bonchev–Trinajstić information content (AvgIpc) is 2.46. The van der Waals surface area contributed by atoms with Crippen LogP contribution in [-0.4, -0.2) is 30.1 Å². The Hall–Kier alpha value is -1.53. The molecule has 4 nitrogen and oxygen atoms in total. The second-order valence-electron chi connectivity index (χ2n) is 5.05. The van der Waals surface area contributed by atoms with Gasteiger partial charge >= 0.3 is 6.18 Å². The van der Waals surface area contributed by atoms with Gasteiger partial charge in [0.05, 0.1) is 0 Å². The fourth-order valence-corrected chi connectivity index (χ4v) is 2.46. The minimum Gasteiger partial charge on any atom is -0.357 e. The maximum Gasteiger partial charge on any atom is 0.433 e. The summed E-state index contributed by atoms with van der Waals surface area (Å²) in [5, 5.41) is 2.60. The largest absolute Gasteiger partial charge is 0.433 e. The van der Waals surface area contributed by atoms with Crippen molar-refractivity contribution in [2.75, 3.05) is 30.4 Å². The topological polar surface area (TPSA) is 41.1 Å². The van der Waals surface area contributed by atoms with Gasteiger partial charge in [0, 0.05) is 26.2 Å². The molecule has 2 heterocycles. The maximum absolute atomic E-state index is 12.9. The van der Waals surface area contributed by atoms with Crippen molar-refractivity contribution in [3.05, 3.63) is 11.8 Å². The molecule has 1 aliphatic rings. The van der Waals surface area contributed by atoms with Crippen LogP contribution in [-0.2, 0) is 6.18 Å². The Morgan fingerprint density at radius 3 is 2.75 bits per heavy atom. The van der Waals surface area contributed by atoms with E-state index in [1.54, 1.807) is 0 Å². The first-order valence-electron chi connectivity index (χ1n) is 6.83. The zero-order chi connectivity index (χ0) is 14.8. The van der Waals surface area contributed by atoms with Gasteiger partial charge in [-0.05, 0) is 18.8 Å². The molecule has 1 aromatic heterocycles. The second-order valence-corrected chi connectivity index (χ2v) is 5.05. The van der Waals surface area contributed by atoms with E-state index < -0.39 is 11.9 Å². The van der Waals surface area contributed by atoms with Gasteiger partial charge in [0.2, 0.25) is 5.95 Å². The molecule has 1 saturated heterocycles. The molecule has 1 fully saturated rings. The number of nitrogens with zero attached hydrogens (tertiary/aromatic N) is 3. The van der Waals surface area contributed by atoms with Crippen LogP contribution < -0.4 is 10.2 Å². The number of piperidine rings is 1. The molecule has 0 bridgehead atoms. The summed E-state index contributed by atoms with van der Waals surface area (Å²) in [4.78, 5) is 9.57. The molecule has 1 aromatic rings. The van der Waals surface area contributed by atoms with Crippen molar-refractivity contribution in [1.29, 1.82) is 0 Å². The Labute approximate surface area is 116 Å². The first-order valence-corrected chi connectivity index (χ1v) is 6.83. The minimum absolute atomic E-state index is 0.00782. The molecule has 1 N–H and O–H groups in total. The Bertz CT molecular complexity index is 461. The van der Waals surface area contributed by atoms with Gasteiger partial charge in [0.15, 0.2) is 5.69 Å². The third-order valence-corrected chi connectivity index (χ3v) is 3.65. The monoisotopic (exact) mass is 288 g/mol. The van der Waals surface area contributed by atoms with Crippen LogP contribution in [0.2, 0.25) is 0 Å². The molecule has 0 amide bonds. The fraction of sp³-hybridized carbons (Fsp3) is 0.692. The lowest BCUT2D eigenvalue weighted by Gasteiger charge is -2.33. The molecule has 1 unspecified atom stereocenters. The van der Waals surface area contributed by atoms with E-state index in [1.807, 2.05) is 4.90 Å². The van der Waals surface area contributed by atoms with Gasteiger partial charge in [0.25, 0.3) is 0 Å². The Kier molecular flexibility index (Phi) is 4.35. The standard InChI is InChI=1S/C13H19F3N4/c1-3-9-5-4-6-20(8-9)11-7-10(13(14,15)16)18-12(17-2)19-11/h7,9H,3-6,8H2,1-2H3,(H,17,18,19). The maximum atomic E-state index is 12.9. The molecule has 7 heteroatoms. The molecule has 0 spiro atoms. The van der Waals surface area contributed by atoms with Crippen LogP contribution in [0.25, 0.3) is 0 Å². The SMILES string of the molecule is CCC1CCCN(c2cc(C(F)(F)F)nc(NC)n2)C1. The number of hydrogen-bond donors (Lipinski definition) is 1. The van der Waals surface area contributed by atoms with Crippen molar-refractivity contribution in [3.63, 3.8) is 0 Å². The van der Waals surface area contributed by atoms with Gasteiger partial charge < -0.3 is 10.2 Å². The molecule has 2 rings (SSSR count). The lowest BCUT2D eigenvalue weighted by molar-refractivity contribution is -0.141. The summed E-state index contributed by atoms with van der Waals surface area (Å²) in [5.74, 6) is 0.884. The number of halogens is 3. The highest BCUT2D eigenvalue weighted by Gasteiger charge is 2.34.